The van der Waals surface area contributed by atoms with Crippen LogP contribution in [0.4, 0.5) is 5.82 Å². The van der Waals surface area contributed by atoms with E-state index in [1.165, 1.54) is 18.3 Å². The lowest BCUT2D eigenvalue weighted by Gasteiger charge is -2.42. The smallest absolute Gasteiger partial charge is 0.329 e. The number of aliphatic hydroxyl groups excluding tert-OH is 1. The molecule has 9 rings (SSSR count). The molecule has 15 atom stereocenters. The Morgan fingerprint density at radius 2 is 1.51 bits per heavy atom. The Kier molecular flexibility index (Phi) is 38.0. The highest BCUT2D eigenvalue weighted by molar-refractivity contribution is 6.39. The largest absolute Gasteiger partial charge is 0.508 e. The summed E-state index contributed by atoms with van der Waals surface area (Å²) in [6, 6.07) is 5.82. The number of rotatable bonds is 36. The van der Waals surface area contributed by atoms with Crippen molar-refractivity contribution >= 4 is 62.9 Å². The molecule has 118 heavy (non-hydrogen) atoms. The van der Waals surface area contributed by atoms with Crippen LogP contribution in [0.25, 0.3) is 33.3 Å². The number of piperidine rings is 1. The highest BCUT2D eigenvalue weighted by atomic mass is 16.6. The number of anilines is 1. The lowest BCUT2D eigenvalue weighted by molar-refractivity contribution is -0.265. The number of nitrogens with two attached hydrogens (primary N) is 1. The van der Waals surface area contributed by atoms with Gasteiger partial charge in [0.25, 0.3) is 11.7 Å². The molecule has 0 radical (unpaired) electrons. The molecule has 2 saturated heterocycles. The van der Waals surface area contributed by atoms with Gasteiger partial charge in [-0.2, -0.15) is 5.10 Å². The van der Waals surface area contributed by atoms with Gasteiger partial charge in [0.2, 0.25) is 11.7 Å². The molecule has 32 heteroatoms. The maximum atomic E-state index is 14.8. The summed E-state index contributed by atoms with van der Waals surface area (Å²) in [5.41, 5.74) is 11.0. The van der Waals surface area contributed by atoms with Crippen molar-refractivity contribution in [2.24, 2.45) is 35.5 Å². The number of methoxy groups -OCH3 is 3. The second-order valence-electron chi connectivity index (χ2n) is 31.8. The first kappa shape index (κ1) is 93.8. The van der Waals surface area contributed by atoms with Crippen molar-refractivity contribution in [3.8, 4) is 17.1 Å². The third-order valence-corrected chi connectivity index (χ3v) is 22.8. The van der Waals surface area contributed by atoms with Crippen molar-refractivity contribution in [1.29, 1.82) is 0 Å². The summed E-state index contributed by atoms with van der Waals surface area (Å²) in [4.78, 5) is 97.8. The van der Waals surface area contributed by atoms with Crippen molar-refractivity contribution in [1.82, 2.24) is 49.9 Å². The number of Topliss-reactive ketones (excluding diaryl/α,β-unsaturated/α-hetero) is 3. The quantitative estimate of drug-likeness (QED) is 0.00944. The summed E-state index contributed by atoms with van der Waals surface area (Å²) >= 11 is 0. The van der Waals surface area contributed by atoms with Gasteiger partial charge in [-0.3, -0.25) is 24.0 Å². The van der Waals surface area contributed by atoms with Crippen molar-refractivity contribution in [3.05, 3.63) is 90.1 Å². The number of ether oxygens (including phenoxy) is 12. The lowest BCUT2D eigenvalue weighted by atomic mass is 9.78. The van der Waals surface area contributed by atoms with Gasteiger partial charge in [-0.15, -0.1) is 5.10 Å². The molecule has 32 nitrogen and oxygen atoms in total. The average Bonchev–Trinajstić information content (AvgIpc) is 1.59. The highest BCUT2D eigenvalue weighted by Gasteiger charge is 2.53. The predicted molar refractivity (Wildman–Crippen MR) is 438 cm³/mol. The molecule has 2 amide bonds. The number of nitrogens with zero attached hydrogens (tertiary/aromatic N) is 8. The molecule has 5 aromatic rings. The number of allylic oxidation sites excluding steroid dienone is 6. The average molecular weight is 1650 g/mol. The third kappa shape index (κ3) is 27.5. The monoisotopic (exact) mass is 1650 g/mol. The number of aryl methyl sites for hydroxylation is 1. The molecule has 0 spiro atoms. The van der Waals surface area contributed by atoms with Crippen LogP contribution in [0.3, 0.4) is 0 Å². The molecule has 3 fully saturated rings. The Hall–Kier alpha value is -8.09. The SMILES string of the molecule is CO[C@H]1C[C@@H]2CC[C@@H](C)[C@@](O)(O2)C(=O)C(=O)N2CCCC[C@H]2C(=O)O[C@H]([C@H](C)C[C@@H]2CC[C@@H](OCCOCc3cn(CCOCCOCCOCCOCCOCCC(=O)NCCCCn4nc(-c5cc6cc(O)ccc6[nH]5)c5c(N)ncnc54)nn3)[C@H](OC)C2)CC(=O)[C@H](C)/C=C(\C)[C@@H](O)[C@@H](OC)C(=O)[C@H](C)C[C@H](C)/C=C/C=C/C=C/1C. The number of ketones is 3. The summed E-state index contributed by atoms with van der Waals surface area (Å²) in [6.07, 6.45) is 16.3. The maximum absolute atomic E-state index is 14.8. The van der Waals surface area contributed by atoms with Crippen LogP contribution in [0.5, 0.6) is 5.75 Å². The molecule has 1 aliphatic carbocycles. The molecule has 7 N–H and O–H groups in total. The molecule has 0 unspecified atom stereocenters. The number of amides is 2. The van der Waals surface area contributed by atoms with Gasteiger partial charge in [0, 0.05) is 88.9 Å². The zero-order chi connectivity index (χ0) is 84.7. The van der Waals surface area contributed by atoms with Crippen molar-refractivity contribution < 1.29 is 101 Å². The van der Waals surface area contributed by atoms with Gasteiger partial charge < -0.3 is 93.1 Å². The van der Waals surface area contributed by atoms with Crippen molar-refractivity contribution in [3.63, 3.8) is 0 Å². The van der Waals surface area contributed by atoms with Crippen LogP contribution >= 0.6 is 0 Å². The molecule has 2 bridgehead atoms. The van der Waals surface area contributed by atoms with E-state index in [9.17, 15) is 44.1 Å². The second kappa shape index (κ2) is 47.8. The number of cyclic esters (lactones) is 1. The van der Waals surface area contributed by atoms with E-state index in [1.807, 2.05) is 70.3 Å². The van der Waals surface area contributed by atoms with Crippen molar-refractivity contribution in [2.75, 3.05) is 119 Å². The molecule has 1 saturated carbocycles. The number of hydrogen-bond acceptors (Lipinski definition) is 27. The minimum atomic E-state index is -2.47. The number of aromatic nitrogens is 8. The fraction of sp³-hybridized carbons (Fsp3) is 0.663. The van der Waals surface area contributed by atoms with Crippen LogP contribution in [-0.2, 0) is 105 Å². The zero-order valence-corrected chi connectivity index (χ0v) is 70.5. The Labute approximate surface area is 691 Å². The topological polar surface area (TPSA) is 405 Å². The van der Waals surface area contributed by atoms with Gasteiger partial charge in [0.15, 0.2) is 11.4 Å². The number of hydrogen-bond donors (Lipinski definition) is 6. The highest BCUT2D eigenvalue weighted by Crippen LogP contribution is 2.39. The first-order valence-corrected chi connectivity index (χ1v) is 41.9. The third-order valence-electron chi connectivity index (χ3n) is 22.8. The maximum Gasteiger partial charge on any atom is 0.329 e. The van der Waals surface area contributed by atoms with Crippen LogP contribution in [0.15, 0.2) is 84.4 Å². The summed E-state index contributed by atoms with van der Waals surface area (Å²) in [7, 11) is 4.60. The van der Waals surface area contributed by atoms with E-state index in [1.54, 1.807) is 68.6 Å². The van der Waals surface area contributed by atoms with Crippen LogP contribution in [-0.4, -0.2) is 263 Å². The van der Waals surface area contributed by atoms with E-state index in [0.717, 1.165) is 41.4 Å². The minimum absolute atomic E-state index is 0.00878. The number of carbonyl (C=O) groups excluding carboxylic acids is 6. The number of aliphatic hydroxyl groups is 2. The number of fused-ring (bicyclic) bond motifs is 5. The number of benzene rings is 1. The van der Waals surface area contributed by atoms with Crippen molar-refractivity contribution in [2.45, 2.75) is 219 Å². The van der Waals surface area contributed by atoms with Gasteiger partial charge in [-0.1, -0.05) is 76.3 Å². The van der Waals surface area contributed by atoms with E-state index >= 15 is 0 Å². The van der Waals surface area contributed by atoms with E-state index in [-0.39, 0.29) is 92.2 Å². The van der Waals surface area contributed by atoms with E-state index in [0.29, 0.717) is 184 Å². The second-order valence-corrected chi connectivity index (χ2v) is 31.8. The predicted octanol–water partition coefficient (Wildman–Crippen LogP) is 8.66. The number of H-pyrrole nitrogens is 1. The molecule has 3 aliphatic heterocycles. The summed E-state index contributed by atoms with van der Waals surface area (Å²) in [6.45, 7) is 18.9. The molecular weight excluding hydrogens is 1520 g/mol. The van der Waals surface area contributed by atoms with Gasteiger partial charge >= 0.3 is 5.97 Å². The van der Waals surface area contributed by atoms with E-state index in [2.05, 4.69) is 30.6 Å². The van der Waals surface area contributed by atoms with Crippen LogP contribution in [0, 0.1) is 35.5 Å². The number of aromatic amines is 1. The van der Waals surface area contributed by atoms with Gasteiger partial charge in [-0.25, -0.2) is 24.1 Å². The zero-order valence-electron chi connectivity index (χ0n) is 70.5. The molecule has 4 aliphatic rings. The number of esters is 1. The van der Waals surface area contributed by atoms with Gasteiger partial charge in [-0.05, 0) is 144 Å². The van der Waals surface area contributed by atoms with Crippen LogP contribution in [0.2, 0.25) is 0 Å². The number of nitrogens with one attached hydrogen (secondary N) is 2. The normalized spacial score (nSPS) is 27.6. The Morgan fingerprint density at radius 3 is 2.24 bits per heavy atom. The Balaban J connectivity index is 0.639. The number of phenolic OH excluding ortho intramolecular Hbond substituents is 1. The summed E-state index contributed by atoms with van der Waals surface area (Å²) < 4.78 is 74.2. The van der Waals surface area contributed by atoms with E-state index < -0.39 is 77.8 Å². The minimum Gasteiger partial charge on any atom is -0.508 e. The van der Waals surface area contributed by atoms with Gasteiger partial charge in [0.05, 0.1) is 134 Å². The standard InChI is InChI=1S/C86H127N11O21/c1-55-18-12-11-13-19-56(2)72(107-8)50-66-24-21-61(7)86(106,118-66)81(103)84(104)96-29-16-14-20-69(96)85(105)117-73(51-70(99)57(3)45-60(6)79(102)80(109-10)78(101)59(5)44-55)58(4)46-62-22-26-71(74(47-62)108-9)116-43-42-115-53-64-52-95(94-92-64)31-33-111-35-37-113-39-41-114-40-38-112-36-34-110-32-27-75(100)88-28-15-17-30-97-83-76(82(87)89-54-90-83)77(93-97)68-49-63-48-65(98)23-25-67(63)91-68/h11-13,18-19,23,25,45,48-49,52,54-55,57-59,61-62,66,69,71-74,79-80,91,98,102,106H,14-17,20-22,24,26-44,46-47,50-51,53H2,1-10H3,(H,88,100)(H2,87,89,90)/b13-11+,18-12+,56-19+,60-45+/t55-,57-,58-,59-,61-,62+,66+,69+,71-,72+,73+,74-,79-,80+,86-/m1/s1. The molecule has 4 aromatic heterocycles. The molecule has 1 aromatic carbocycles. The summed E-state index contributed by atoms with van der Waals surface area (Å²) in [5.74, 6) is -7.91. The first-order chi connectivity index (χ1) is 56.9. The number of carbonyl (C=O) groups is 6. The fourth-order valence-electron chi connectivity index (χ4n) is 15.9. The summed E-state index contributed by atoms with van der Waals surface area (Å²) in [5, 5.41) is 51.4. The lowest BCUT2D eigenvalue weighted by Crippen LogP contribution is -2.61. The molecule has 7 heterocycles. The van der Waals surface area contributed by atoms with Crippen LogP contribution < -0.4 is 11.1 Å². The molecule has 652 valence electrons. The number of unbranched alkanes of at least 4 members (excludes halogenated alkanes) is 1. The van der Waals surface area contributed by atoms with E-state index in [4.69, 9.17) is 67.7 Å². The number of phenols is 1. The number of nitrogen functional groups attached to an aromatic ring is 1. The Morgan fingerprint density at radius 1 is 0.780 bits per heavy atom. The Bertz CT molecular complexity index is 4140. The molecular formula is C86H127N11O21. The first-order valence-electron chi connectivity index (χ1n) is 41.9. The fourth-order valence-corrected chi connectivity index (χ4v) is 15.9. The van der Waals surface area contributed by atoms with Gasteiger partial charge in [0.1, 0.15) is 59.4 Å². The van der Waals surface area contributed by atoms with Crippen LogP contribution in [0.1, 0.15) is 150 Å². The number of aromatic hydroxyl groups is 1.